The van der Waals surface area contributed by atoms with Crippen molar-refractivity contribution in [1.82, 2.24) is 4.98 Å². The molecule has 0 amide bonds. The monoisotopic (exact) mass is 375 g/mol. The van der Waals surface area contributed by atoms with Crippen LogP contribution in [-0.4, -0.2) is 17.6 Å². The molecule has 0 saturated heterocycles. The van der Waals surface area contributed by atoms with Crippen molar-refractivity contribution in [2.24, 2.45) is 0 Å². The number of oxazole rings is 1. The summed E-state index contributed by atoms with van der Waals surface area (Å²) in [6.07, 6.45) is 12.3. The molecule has 0 aliphatic heterocycles. The first-order valence-corrected chi connectivity index (χ1v) is 8.96. The number of allylic oxidation sites excluding steroid dienone is 2. The van der Waals surface area contributed by atoms with Crippen LogP contribution in [0.25, 0.3) is 29.9 Å². The molecule has 1 aromatic carbocycles. The summed E-state index contributed by atoms with van der Waals surface area (Å²) >= 11 is 0. The standard InChI is InChI=1S/C23H21NO4/c1-3-26-22(25)9-5-4-7-18-10-12-19(13-11-18)14-15-20-17(2)28-23(24-20)21-8-6-16-27-21/h4-16H,3H2,1-2H3/b7-4+,9-5+,15-14+. The minimum absolute atomic E-state index is 0.342. The number of hydrogen-bond donors (Lipinski definition) is 0. The summed E-state index contributed by atoms with van der Waals surface area (Å²) in [4.78, 5) is 15.7. The lowest BCUT2D eigenvalue weighted by molar-refractivity contribution is -0.137. The van der Waals surface area contributed by atoms with Crippen molar-refractivity contribution >= 4 is 24.2 Å². The number of aromatic nitrogens is 1. The van der Waals surface area contributed by atoms with Gasteiger partial charge in [-0.25, -0.2) is 9.78 Å². The molecule has 142 valence electrons. The number of carbonyl (C=O) groups is 1. The summed E-state index contributed by atoms with van der Waals surface area (Å²) in [5.74, 6) is 1.47. The van der Waals surface area contributed by atoms with Crippen molar-refractivity contribution in [1.29, 1.82) is 0 Å². The predicted molar refractivity (Wildman–Crippen MR) is 109 cm³/mol. The van der Waals surface area contributed by atoms with Crippen LogP contribution in [-0.2, 0) is 9.53 Å². The van der Waals surface area contributed by atoms with Crippen LogP contribution in [0.15, 0.2) is 69.7 Å². The van der Waals surface area contributed by atoms with Crippen LogP contribution in [0.3, 0.4) is 0 Å². The van der Waals surface area contributed by atoms with E-state index in [0.717, 1.165) is 22.6 Å². The van der Waals surface area contributed by atoms with Gasteiger partial charge in [0, 0.05) is 6.08 Å². The van der Waals surface area contributed by atoms with Crippen molar-refractivity contribution in [2.45, 2.75) is 13.8 Å². The van der Waals surface area contributed by atoms with E-state index in [4.69, 9.17) is 13.6 Å². The first-order chi connectivity index (χ1) is 13.7. The second-order valence-electron chi connectivity index (χ2n) is 5.91. The molecule has 3 rings (SSSR count). The van der Waals surface area contributed by atoms with E-state index >= 15 is 0 Å². The maximum atomic E-state index is 11.2. The number of rotatable bonds is 7. The number of hydrogen-bond acceptors (Lipinski definition) is 5. The maximum absolute atomic E-state index is 11.2. The lowest BCUT2D eigenvalue weighted by Gasteiger charge is -1.96. The van der Waals surface area contributed by atoms with E-state index in [1.54, 1.807) is 31.4 Å². The molecule has 5 nitrogen and oxygen atoms in total. The smallest absolute Gasteiger partial charge is 0.330 e. The fourth-order valence-electron chi connectivity index (χ4n) is 2.45. The van der Waals surface area contributed by atoms with Crippen molar-refractivity contribution < 1.29 is 18.4 Å². The van der Waals surface area contributed by atoms with Crippen molar-refractivity contribution in [2.75, 3.05) is 6.61 Å². The summed E-state index contributed by atoms with van der Waals surface area (Å²) in [6, 6.07) is 11.6. The lowest BCUT2D eigenvalue weighted by atomic mass is 10.1. The minimum Gasteiger partial charge on any atom is -0.463 e. The zero-order valence-corrected chi connectivity index (χ0v) is 15.8. The van der Waals surface area contributed by atoms with Gasteiger partial charge in [0.25, 0.3) is 5.89 Å². The Kier molecular flexibility index (Phi) is 6.41. The number of benzene rings is 1. The molecule has 0 aliphatic carbocycles. The molecule has 2 heterocycles. The van der Waals surface area contributed by atoms with E-state index in [2.05, 4.69) is 4.98 Å². The Morgan fingerprint density at radius 2 is 1.82 bits per heavy atom. The van der Waals surface area contributed by atoms with Crippen LogP contribution in [0, 0.1) is 6.92 Å². The topological polar surface area (TPSA) is 65.5 Å². The largest absolute Gasteiger partial charge is 0.463 e. The van der Waals surface area contributed by atoms with Crippen LogP contribution in [0.2, 0.25) is 0 Å². The van der Waals surface area contributed by atoms with Crippen LogP contribution < -0.4 is 0 Å². The molecule has 0 unspecified atom stereocenters. The zero-order valence-electron chi connectivity index (χ0n) is 15.8. The summed E-state index contributed by atoms with van der Waals surface area (Å²) in [7, 11) is 0. The Bertz CT molecular complexity index is 990. The number of nitrogens with zero attached hydrogens (tertiary/aromatic N) is 1. The molecule has 0 fully saturated rings. The lowest BCUT2D eigenvalue weighted by Crippen LogP contribution is -1.98. The second kappa shape index (κ2) is 9.37. The number of furan rings is 1. The highest BCUT2D eigenvalue weighted by Gasteiger charge is 2.11. The van der Waals surface area contributed by atoms with E-state index < -0.39 is 0 Å². The van der Waals surface area contributed by atoms with E-state index in [1.807, 2.05) is 55.5 Å². The van der Waals surface area contributed by atoms with Gasteiger partial charge in [0.2, 0.25) is 0 Å². The number of esters is 1. The molecule has 0 radical (unpaired) electrons. The van der Waals surface area contributed by atoms with Crippen LogP contribution in [0.1, 0.15) is 29.5 Å². The molecule has 0 atom stereocenters. The third-order valence-electron chi connectivity index (χ3n) is 3.85. The summed E-state index contributed by atoms with van der Waals surface area (Å²) in [5.41, 5.74) is 2.84. The van der Waals surface area contributed by atoms with Crippen molar-refractivity contribution in [3.05, 3.63) is 83.5 Å². The maximum Gasteiger partial charge on any atom is 0.330 e. The summed E-state index contributed by atoms with van der Waals surface area (Å²) in [5, 5.41) is 0. The van der Waals surface area contributed by atoms with Crippen LogP contribution >= 0.6 is 0 Å². The molecular formula is C23H21NO4. The molecule has 2 aromatic heterocycles. The van der Waals surface area contributed by atoms with Gasteiger partial charge in [0.15, 0.2) is 5.76 Å². The average Bonchev–Trinajstić information content (AvgIpc) is 3.35. The van der Waals surface area contributed by atoms with Crippen molar-refractivity contribution in [3.63, 3.8) is 0 Å². The molecule has 0 N–H and O–H groups in total. The van der Waals surface area contributed by atoms with Gasteiger partial charge in [-0.2, -0.15) is 0 Å². The van der Waals surface area contributed by atoms with Gasteiger partial charge in [-0.15, -0.1) is 0 Å². The van der Waals surface area contributed by atoms with E-state index in [-0.39, 0.29) is 5.97 Å². The van der Waals surface area contributed by atoms with Gasteiger partial charge in [0.05, 0.1) is 12.9 Å². The number of carbonyl (C=O) groups excluding carboxylic acids is 1. The third-order valence-corrected chi connectivity index (χ3v) is 3.85. The summed E-state index contributed by atoms with van der Waals surface area (Å²) < 4.78 is 15.8. The molecule has 5 heteroatoms. The molecular weight excluding hydrogens is 354 g/mol. The molecule has 28 heavy (non-hydrogen) atoms. The highest BCUT2D eigenvalue weighted by Crippen LogP contribution is 2.23. The Morgan fingerprint density at radius 3 is 2.50 bits per heavy atom. The number of ether oxygens (including phenoxy) is 1. The normalized spacial score (nSPS) is 11.8. The van der Waals surface area contributed by atoms with E-state index in [1.165, 1.54) is 6.08 Å². The van der Waals surface area contributed by atoms with Gasteiger partial charge in [-0.1, -0.05) is 48.6 Å². The molecule has 0 aliphatic rings. The predicted octanol–water partition coefficient (Wildman–Crippen LogP) is 5.55. The first-order valence-electron chi connectivity index (χ1n) is 8.96. The van der Waals surface area contributed by atoms with Gasteiger partial charge in [-0.3, -0.25) is 0 Å². The SMILES string of the molecule is CCOC(=O)/C=C/C=C/c1ccc(/C=C/c2nc(-c3ccco3)oc2C)cc1. The van der Waals surface area contributed by atoms with Crippen LogP contribution in [0.4, 0.5) is 0 Å². The molecule has 3 aromatic rings. The average molecular weight is 375 g/mol. The Morgan fingerprint density at radius 1 is 1.07 bits per heavy atom. The van der Waals surface area contributed by atoms with Gasteiger partial charge in [0.1, 0.15) is 11.5 Å². The van der Waals surface area contributed by atoms with Crippen LogP contribution in [0.5, 0.6) is 0 Å². The zero-order chi connectivity index (χ0) is 19.8. The highest BCUT2D eigenvalue weighted by molar-refractivity contribution is 5.82. The van der Waals surface area contributed by atoms with Gasteiger partial charge >= 0.3 is 5.97 Å². The fraction of sp³-hybridized carbons (Fsp3) is 0.130. The van der Waals surface area contributed by atoms with Gasteiger partial charge < -0.3 is 13.6 Å². The second-order valence-corrected chi connectivity index (χ2v) is 5.91. The Labute approximate surface area is 163 Å². The first kappa shape index (κ1) is 19.2. The number of aryl methyl sites for hydroxylation is 1. The van der Waals surface area contributed by atoms with E-state index in [0.29, 0.717) is 18.3 Å². The summed E-state index contributed by atoms with van der Waals surface area (Å²) in [6.45, 7) is 4.02. The Hall–Kier alpha value is -3.60. The minimum atomic E-state index is -0.342. The molecule has 0 bridgehead atoms. The van der Waals surface area contributed by atoms with Gasteiger partial charge in [-0.05, 0) is 43.2 Å². The third kappa shape index (κ3) is 5.20. The fourth-order valence-corrected chi connectivity index (χ4v) is 2.45. The van der Waals surface area contributed by atoms with Crippen molar-refractivity contribution in [3.8, 4) is 11.7 Å². The molecule has 0 spiro atoms. The quantitative estimate of drug-likeness (QED) is 0.308. The highest BCUT2D eigenvalue weighted by atomic mass is 16.5. The Balaban J connectivity index is 1.62. The molecule has 0 saturated carbocycles. The van der Waals surface area contributed by atoms with E-state index in [9.17, 15) is 4.79 Å².